The molecular weight excluding hydrogens is 424 g/mol. The average Bonchev–Trinajstić information content (AvgIpc) is 3.19. The van der Waals surface area contributed by atoms with Crippen LogP contribution in [0.3, 0.4) is 0 Å². The number of H-pyrrole nitrogens is 1. The maximum absolute atomic E-state index is 12.9. The second kappa shape index (κ2) is 8.55. The van der Waals surface area contributed by atoms with Crippen LogP contribution in [0.1, 0.15) is 18.9 Å². The molecule has 0 aliphatic carbocycles. The van der Waals surface area contributed by atoms with Crippen molar-refractivity contribution >= 4 is 33.9 Å². The summed E-state index contributed by atoms with van der Waals surface area (Å²) < 4.78 is 5.87. The fraction of sp³-hybridized carbons (Fsp3) is 0.200. The smallest absolute Gasteiger partial charge is 0.259 e. The minimum absolute atomic E-state index is 0.170. The second-order valence-corrected chi connectivity index (χ2v) is 8.24. The Morgan fingerprint density at radius 1 is 1.12 bits per heavy atom. The summed E-state index contributed by atoms with van der Waals surface area (Å²) in [7, 11) is 0. The van der Waals surface area contributed by atoms with Crippen LogP contribution in [-0.2, 0) is 6.54 Å². The lowest BCUT2D eigenvalue weighted by Gasteiger charge is -2.18. The van der Waals surface area contributed by atoms with E-state index in [1.54, 1.807) is 0 Å². The fourth-order valence-corrected chi connectivity index (χ4v) is 4.05. The lowest BCUT2D eigenvalue weighted by molar-refractivity contribution is 0.318. The molecule has 0 saturated carbocycles. The molecule has 1 aliphatic rings. The first-order chi connectivity index (χ1) is 15.6. The van der Waals surface area contributed by atoms with Gasteiger partial charge in [-0.3, -0.25) is 4.79 Å². The lowest BCUT2D eigenvalue weighted by atomic mass is 10.1. The van der Waals surface area contributed by atoms with Gasteiger partial charge in [-0.25, -0.2) is 4.98 Å². The number of rotatable bonds is 6. The number of ether oxygens (including phenoxy) is 1. The van der Waals surface area contributed by atoms with Crippen molar-refractivity contribution < 1.29 is 4.74 Å². The van der Waals surface area contributed by atoms with Crippen LogP contribution >= 0.6 is 11.6 Å². The Hall–Kier alpha value is -3.51. The SMILES string of the molecule is CCCOc1ccccc1-c1nc2cc3c(cc2c(=O)[nH]1)NCN3Cc1ccc(Cl)cc1. The van der Waals surface area contributed by atoms with Crippen molar-refractivity contribution in [2.24, 2.45) is 0 Å². The number of halogens is 1. The van der Waals surface area contributed by atoms with Crippen LogP contribution in [0.25, 0.3) is 22.3 Å². The standard InChI is InChI=1S/C25H23ClN4O2/c1-2-11-32-23-6-4-3-5-18(23)24-28-20-13-22-21(12-19(20)25(31)29-24)27-15-30(22)14-16-7-9-17(26)10-8-16/h3-10,12-13,27H,2,11,14-15H2,1H3,(H,28,29,31). The van der Waals surface area contributed by atoms with Crippen LogP contribution < -0.4 is 20.5 Å². The highest BCUT2D eigenvalue weighted by Gasteiger charge is 2.21. The number of aromatic amines is 1. The highest BCUT2D eigenvalue weighted by molar-refractivity contribution is 6.30. The van der Waals surface area contributed by atoms with Crippen molar-refractivity contribution in [3.63, 3.8) is 0 Å². The monoisotopic (exact) mass is 446 g/mol. The van der Waals surface area contributed by atoms with Crippen molar-refractivity contribution in [2.75, 3.05) is 23.5 Å². The van der Waals surface area contributed by atoms with Gasteiger partial charge in [-0.15, -0.1) is 0 Å². The number of nitrogens with zero attached hydrogens (tertiary/aromatic N) is 2. The molecule has 0 atom stereocenters. The molecule has 2 heterocycles. The molecule has 0 fully saturated rings. The van der Waals surface area contributed by atoms with Gasteiger partial charge in [-0.1, -0.05) is 42.8 Å². The zero-order valence-corrected chi connectivity index (χ0v) is 18.4. The van der Waals surface area contributed by atoms with Gasteiger partial charge in [0, 0.05) is 11.6 Å². The summed E-state index contributed by atoms with van der Waals surface area (Å²) in [5.41, 5.74) is 4.36. The third-order valence-electron chi connectivity index (χ3n) is 5.51. The summed E-state index contributed by atoms with van der Waals surface area (Å²) >= 11 is 6.02. The van der Waals surface area contributed by atoms with Gasteiger partial charge in [-0.2, -0.15) is 0 Å². The average molecular weight is 447 g/mol. The normalized spacial score (nSPS) is 12.6. The van der Waals surface area contributed by atoms with E-state index in [0.29, 0.717) is 35.8 Å². The Bertz CT molecular complexity index is 1330. The molecule has 2 N–H and O–H groups in total. The molecular formula is C25H23ClN4O2. The van der Waals surface area contributed by atoms with Crippen molar-refractivity contribution in [1.82, 2.24) is 9.97 Å². The van der Waals surface area contributed by atoms with E-state index in [9.17, 15) is 4.79 Å². The van der Waals surface area contributed by atoms with E-state index >= 15 is 0 Å². The third-order valence-corrected chi connectivity index (χ3v) is 5.77. The van der Waals surface area contributed by atoms with E-state index in [1.165, 1.54) is 0 Å². The summed E-state index contributed by atoms with van der Waals surface area (Å²) in [5.74, 6) is 1.22. The van der Waals surface area contributed by atoms with Gasteiger partial charge in [0.1, 0.15) is 11.6 Å². The Kier molecular flexibility index (Phi) is 5.45. The van der Waals surface area contributed by atoms with Crippen molar-refractivity contribution in [3.8, 4) is 17.1 Å². The Morgan fingerprint density at radius 2 is 1.94 bits per heavy atom. The predicted molar refractivity (Wildman–Crippen MR) is 130 cm³/mol. The van der Waals surface area contributed by atoms with Gasteiger partial charge >= 0.3 is 0 Å². The topological polar surface area (TPSA) is 70.2 Å². The number of hydrogen-bond acceptors (Lipinski definition) is 5. The van der Waals surface area contributed by atoms with Gasteiger partial charge < -0.3 is 19.9 Å². The maximum Gasteiger partial charge on any atom is 0.259 e. The number of benzene rings is 3. The summed E-state index contributed by atoms with van der Waals surface area (Å²) in [5, 5.41) is 4.66. The molecule has 1 aliphatic heterocycles. The number of para-hydroxylation sites is 1. The maximum atomic E-state index is 12.9. The van der Waals surface area contributed by atoms with Crippen molar-refractivity contribution in [2.45, 2.75) is 19.9 Å². The summed E-state index contributed by atoms with van der Waals surface area (Å²) in [6, 6.07) is 19.3. The minimum atomic E-state index is -0.170. The number of aromatic nitrogens is 2. The minimum Gasteiger partial charge on any atom is -0.493 e. The summed E-state index contributed by atoms with van der Waals surface area (Å²) in [6.07, 6.45) is 0.901. The molecule has 32 heavy (non-hydrogen) atoms. The van der Waals surface area contributed by atoms with E-state index in [4.69, 9.17) is 21.3 Å². The number of fused-ring (bicyclic) bond motifs is 2. The number of hydrogen-bond donors (Lipinski definition) is 2. The van der Waals surface area contributed by atoms with Crippen LogP contribution in [0.15, 0.2) is 65.5 Å². The number of anilines is 2. The van der Waals surface area contributed by atoms with Crippen LogP contribution in [0.4, 0.5) is 11.4 Å². The zero-order valence-electron chi connectivity index (χ0n) is 17.7. The fourth-order valence-electron chi connectivity index (χ4n) is 3.92. The largest absolute Gasteiger partial charge is 0.493 e. The van der Waals surface area contributed by atoms with Crippen LogP contribution in [0.5, 0.6) is 5.75 Å². The van der Waals surface area contributed by atoms with E-state index in [2.05, 4.69) is 22.1 Å². The van der Waals surface area contributed by atoms with Gasteiger partial charge in [0.15, 0.2) is 0 Å². The Labute approximate surface area is 190 Å². The molecule has 5 rings (SSSR count). The van der Waals surface area contributed by atoms with E-state index in [1.807, 2.05) is 60.7 Å². The van der Waals surface area contributed by atoms with Crippen LogP contribution in [-0.4, -0.2) is 23.2 Å². The zero-order chi connectivity index (χ0) is 22.1. The van der Waals surface area contributed by atoms with Gasteiger partial charge in [0.25, 0.3) is 5.56 Å². The molecule has 162 valence electrons. The van der Waals surface area contributed by atoms with E-state index in [-0.39, 0.29) is 5.56 Å². The van der Waals surface area contributed by atoms with Crippen LogP contribution in [0, 0.1) is 0 Å². The third kappa shape index (κ3) is 3.89. The van der Waals surface area contributed by atoms with Gasteiger partial charge in [-0.05, 0) is 48.4 Å². The van der Waals surface area contributed by atoms with Crippen molar-refractivity contribution in [3.05, 3.63) is 81.6 Å². The molecule has 0 radical (unpaired) electrons. The second-order valence-electron chi connectivity index (χ2n) is 7.80. The molecule has 3 aromatic carbocycles. The summed E-state index contributed by atoms with van der Waals surface area (Å²) in [6.45, 7) is 4.05. The molecule has 0 unspecified atom stereocenters. The molecule has 1 aromatic heterocycles. The van der Waals surface area contributed by atoms with Gasteiger partial charge in [0.05, 0.1) is 41.1 Å². The first-order valence-electron chi connectivity index (χ1n) is 10.7. The first kappa shape index (κ1) is 20.4. The summed E-state index contributed by atoms with van der Waals surface area (Å²) in [4.78, 5) is 22.9. The molecule has 0 bridgehead atoms. The van der Waals surface area contributed by atoms with Crippen molar-refractivity contribution in [1.29, 1.82) is 0 Å². The predicted octanol–water partition coefficient (Wildman–Crippen LogP) is 5.42. The molecule has 0 spiro atoms. The van der Waals surface area contributed by atoms with E-state index < -0.39 is 0 Å². The molecule has 0 amide bonds. The first-order valence-corrected chi connectivity index (χ1v) is 11.0. The molecule has 7 heteroatoms. The highest BCUT2D eigenvalue weighted by atomic mass is 35.5. The van der Waals surface area contributed by atoms with E-state index in [0.717, 1.165) is 40.5 Å². The molecule has 6 nitrogen and oxygen atoms in total. The molecule has 0 saturated heterocycles. The quantitative estimate of drug-likeness (QED) is 0.413. The Balaban J connectivity index is 1.54. The highest BCUT2D eigenvalue weighted by Crippen LogP contribution is 2.36. The van der Waals surface area contributed by atoms with Gasteiger partial charge in [0.2, 0.25) is 0 Å². The Morgan fingerprint density at radius 3 is 2.75 bits per heavy atom. The molecule has 4 aromatic rings. The van der Waals surface area contributed by atoms with Crippen LogP contribution in [0.2, 0.25) is 5.02 Å². The number of nitrogens with one attached hydrogen (secondary N) is 2. The lowest BCUT2D eigenvalue weighted by Crippen LogP contribution is -2.22.